The van der Waals surface area contributed by atoms with Crippen molar-refractivity contribution in [3.05, 3.63) is 18.6 Å². The number of aromatic nitrogens is 2. The van der Waals surface area contributed by atoms with Crippen molar-refractivity contribution in [2.24, 2.45) is 0 Å². The lowest BCUT2D eigenvalue weighted by Gasteiger charge is -2.19. The maximum atomic E-state index is 11.7. The normalized spacial score (nSPS) is 11.9. The molecule has 1 aromatic rings. The molecule has 17 heavy (non-hydrogen) atoms. The maximum Gasteiger partial charge on any atom is 0.239 e. The summed E-state index contributed by atoms with van der Waals surface area (Å²) < 4.78 is 0. The maximum absolute atomic E-state index is 11.7. The molecule has 0 radical (unpaired) electrons. The largest absolute Gasteiger partial charge is 0.352 e. The number of likely N-dealkylation sites (N-methyl/N-ethyl adjacent to an activating group) is 1. The fourth-order valence-electron chi connectivity index (χ4n) is 1.61. The van der Waals surface area contributed by atoms with E-state index in [2.05, 4.69) is 22.2 Å². The van der Waals surface area contributed by atoms with Gasteiger partial charge in [-0.1, -0.05) is 13.3 Å². The third kappa shape index (κ3) is 4.80. The van der Waals surface area contributed by atoms with Gasteiger partial charge in [0.15, 0.2) is 0 Å². The Bertz CT molecular complexity index is 342. The highest BCUT2D eigenvalue weighted by Crippen LogP contribution is 2.03. The Labute approximate surface area is 102 Å². The van der Waals surface area contributed by atoms with Crippen molar-refractivity contribution in [2.45, 2.75) is 32.7 Å². The molecule has 0 aliphatic heterocycles. The molecule has 0 saturated heterocycles. The van der Waals surface area contributed by atoms with E-state index in [1.54, 1.807) is 23.5 Å². The van der Waals surface area contributed by atoms with Gasteiger partial charge in [0.1, 0.15) is 5.82 Å². The van der Waals surface area contributed by atoms with E-state index in [-0.39, 0.29) is 11.9 Å². The molecule has 94 valence electrons. The first-order chi connectivity index (χ1) is 8.13. The summed E-state index contributed by atoms with van der Waals surface area (Å²) in [5.41, 5.74) is 0. The van der Waals surface area contributed by atoms with Gasteiger partial charge in [0.05, 0.1) is 12.7 Å². The zero-order chi connectivity index (χ0) is 12.7. The number of amides is 1. The topological polar surface area (TPSA) is 58.1 Å². The molecule has 1 N–H and O–H groups in total. The van der Waals surface area contributed by atoms with Gasteiger partial charge in [0.2, 0.25) is 5.91 Å². The summed E-state index contributed by atoms with van der Waals surface area (Å²) in [5, 5.41) is 2.95. The lowest BCUT2D eigenvalue weighted by Crippen LogP contribution is -2.40. The van der Waals surface area contributed by atoms with Crippen LogP contribution in [0.2, 0.25) is 0 Å². The molecule has 1 atom stereocenters. The molecule has 1 unspecified atom stereocenters. The molecule has 0 bridgehead atoms. The highest BCUT2D eigenvalue weighted by Gasteiger charge is 2.10. The molecular weight excluding hydrogens is 216 g/mol. The standard InChI is InChI=1S/C12H20N4O/c1-4-5-10(2)15-12(17)9-16(3)11-8-13-6-7-14-11/h6-8,10H,4-5,9H2,1-3H3,(H,15,17). The summed E-state index contributed by atoms with van der Waals surface area (Å²) in [7, 11) is 1.83. The molecule has 1 aromatic heterocycles. The molecule has 1 rings (SSSR count). The van der Waals surface area contributed by atoms with Crippen LogP contribution in [0.3, 0.4) is 0 Å². The molecule has 1 amide bonds. The third-order valence-corrected chi connectivity index (χ3v) is 2.45. The SMILES string of the molecule is CCCC(C)NC(=O)CN(C)c1cnccn1. The molecular formula is C12H20N4O. The second-order valence-corrected chi connectivity index (χ2v) is 4.18. The van der Waals surface area contributed by atoms with Gasteiger partial charge in [0.25, 0.3) is 0 Å². The van der Waals surface area contributed by atoms with E-state index in [4.69, 9.17) is 0 Å². The number of nitrogens with one attached hydrogen (secondary N) is 1. The van der Waals surface area contributed by atoms with Crippen LogP contribution in [-0.2, 0) is 4.79 Å². The lowest BCUT2D eigenvalue weighted by atomic mass is 10.2. The first kappa shape index (κ1) is 13.4. The van der Waals surface area contributed by atoms with Crippen molar-refractivity contribution in [3.8, 4) is 0 Å². The Balaban J connectivity index is 2.41. The average molecular weight is 236 g/mol. The quantitative estimate of drug-likeness (QED) is 0.806. The van der Waals surface area contributed by atoms with E-state index in [1.165, 1.54) is 0 Å². The van der Waals surface area contributed by atoms with Gasteiger partial charge in [0, 0.05) is 25.5 Å². The monoisotopic (exact) mass is 236 g/mol. The highest BCUT2D eigenvalue weighted by molar-refractivity contribution is 5.81. The summed E-state index contributed by atoms with van der Waals surface area (Å²) in [5.74, 6) is 0.713. The minimum atomic E-state index is 0.0131. The number of rotatable bonds is 6. The van der Waals surface area contributed by atoms with Crippen molar-refractivity contribution in [1.82, 2.24) is 15.3 Å². The molecule has 0 aliphatic rings. The summed E-state index contributed by atoms with van der Waals surface area (Å²) in [4.78, 5) is 21.6. The minimum Gasteiger partial charge on any atom is -0.352 e. The number of hydrogen-bond acceptors (Lipinski definition) is 4. The number of anilines is 1. The van der Waals surface area contributed by atoms with E-state index in [0.717, 1.165) is 12.8 Å². The van der Waals surface area contributed by atoms with E-state index < -0.39 is 0 Å². The Morgan fingerprint density at radius 3 is 2.88 bits per heavy atom. The Kier molecular flexibility index (Phi) is 5.39. The Hall–Kier alpha value is -1.65. The van der Waals surface area contributed by atoms with Crippen molar-refractivity contribution in [2.75, 3.05) is 18.5 Å². The van der Waals surface area contributed by atoms with Gasteiger partial charge < -0.3 is 10.2 Å². The van der Waals surface area contributed by atoms with E-state index in [9.17, 15) is 4.79 Å². The lowest BCUT2D eigenvalue weighted by molar-refractivity contribution is -0.120. The summed E-state index contributed by atoms with van der Waals surface area (Å²) in [6, 6.07) is 0.225. The van der Waals surface area contributed by atoms with E-state index >= 15 is 0 Å². The Morgan fingerprint density at radius 1 is 1.53 bits per heavy atom. The molecule has 0 spiro atoms. The molecule has 0 saturated carbocycles. The van der Waals surface area contributed by atoms with Gasteiger partial charge in [-0.15, -0.1) is 0 Å². The van der Waals surface area contributed by atoms with Gasteiger partial charge in [-0.25, -0.2) is 4.98 Å². The van der Waals surface area contributed by atoms with Crippen molar-refractivity contribution < 1.29 is 4.79 Å². The van der Waals surface area contributed by atoms with Gasteiger partial charge in [-0.05, 0) is 13.3 Å². The van der Waals surface area contributed by atoms with Crippen LogP contribution in [0.1, 0.15) is 26.7 Å². The van der Waals surface area contributed by atoms with Crippen LogP contribution in [0.4, 0.5) is 5.82 Å². The number of nitrogens with zero attached hydrogens (tertiary/aromatic N) is 3. The molecule has 0 fully saturated rings. The van der Waals surface area contributed by atoms with Gasteiger partial charge in [-0.3, -0.25) is 9.78 Å². The molecule has 5 nitrogen and oxygen atoms in total. The van der Waals surface area contributed by atoms with Crippen LogP contribution in [0.15, 0.2) is 18.6 Å². The van der Waals surface area contributed by atoms with Crippen LogP contribution in [0.25, 0.3) is 0 Å². The number of hydrogen-bond donors (Lipinski definition) is 1. The molecule has 0 aliphatic carbocycles. The second kappa shape index (κ2) is 6.83. The zero-order valence-electron chi connectivity index (χ0n) is 10.7. The van der Waals surface area contributed by atoms with Crippen LogP contribution in [-0.4, -0.2) is 35.5 Å². The van der Waals surface area contributed by atoms with Crippen LogP contribution >= 0.6 is 0 Å². The second-order valence-electron chi connectivity index (χ2n) is 4.18. The first-order valence-corrected chi connectivity index (χ1v) is 5.90. The van der Waals surface area contributed by atoms with E-state index in [0.29, 0.717) is 12.4 Å². The van der Waals surface area contributed by atoms with Crippen LogP contribution in [0.5, 0.6) is 0 Å². The molecule has 1 heterocycles. The average Bonchev–Trinajstić information content (AvgIpc) is 2.30. The van der Waals surface area contributed by atoms with Gasteiger partial charge >= 0.3 is 0 Å². The molecule has 0 aromatic carbocycles. The predicted molar refractivity (Wildman–Crippen MR) is 67.8 cm³/mol. The van der Waals surface area contributed by atoms with Crippen molar-refractivity contribution in [1.29, 1.82) is 0 Å². The van der Waals surface area contributed by atoms with E-state index in [1.807, 2.05) is 14.0 Å². The van der Waals surface area contributed by atoms with Crippen molar-refractivity contribution >= 4 is 11.7 Å². The zero-order valence-corrected chi connectivity index (χ0v) is 10.7. The Morgan fingerprint density at radius 2 is 2.29 bits per heavy atom. The first-order valence-electron chi connectivity index (χ1n) is 5.90. The fraction of sp³-hybridized carbons (Fsp3) is 0.583. The van der Waals surface area contributed by atoms with Crippen LogP contribution in [0, 0.1) is 0 Å². The third-order valence-electron chi connectivity index (χ3n) is 2.45. The highest BCUT2D eigenvalue weighted by atomic mass is 16.2. The summed E-state index contributed by atoms with van der Waals surface area (Å²) in [6.45, 7) is 4.42. The smallest absolute Gasteiger partial charge is 0.239 e. The van der Waals surface area contributed by atoms with Crippen molar-refractivity contribution in [3.63, 3.8) is 0 Å². The van der Waals surface area contributed by atoms with Gasteiger partial charge in [-0.2, -0.15) is 0 Å². The minimum absolute atomic E-state index is 0.0131. The predicted octanol–water partition coefficient (Wildman–Crippen LogP) is 1.22. The summed E-state index contributed by atoms with van der Waals surface area (Å²) in [6.07, 6.45) is 6.94. The van der Waals surface area contributed by atoms with Crippen LogP contribution < -0.4 is 10.2 Å². The summed E-state index contributed by atoms with van der Waals surface area (Å²) >= 11 is 0. The number of carbonyl (C=O) groups is 1. The molecule has 5 heteroatoms. The number of carbonyl (C=O) groups excluding carboxylic acids is 1. The fourth-order valence-corrected chi connectivity index (χ4v) is 1.61.